The van der Waals surface area contributed by atoms with Crippen LogP contribution in [0.2, 0.25) is 0 Å². The molecule has 0 unspecified atom stereocenters. The summed E-state index contributed by atoms with van der Waals surface area (Å²) in [7, 11) is 0. The number of carbonyl (C=O) groups is 3. The summed E-state index contributed by atoms with van der Waals surface area (Å²) < 4.78 is 48.5. The van der Waals surface area contributed by atoms with Crippen molar-refractivity contribution < 1.29 is 36.7 Å². The van der Waals surface area contributed by atoms with Crippen LogP contribution in [0.1, 0.15) is 21.7 Å². The lowest BCUT2D eigenvalue weighted by Gasteiger charge is -2.17. The Bertz CT molecular complexity index is 1100. The molecule has 33 heavy (non-hydrogen) atoms. The van der Waals surface area contributed by atoms with E-state index in [-0.39, 0.29) is 17.9 Å². The van der Waals surface area contributed by atoms with Gasteiger partial charge in [-0.25, -0.2) is 4.79 Å². The first kappa shape index (κ1) is 23.6. The molecule has 172 valence electrons. The van der Waals surface area contributed by atoms with Crippen LogP contribution in [0.3, 0.4) is 0 Å². The molecule has 0 spiro atoms. The summed E-state index contributed by atoms with van der Waals surface area (Å²) in [4.78, 5) is 37.0. The van der Waals surface area contributed by atoms with Crippen LogP contribution >= 0.6 is 0 Å². The summed E-state index contributed by atoms with van der Waals surface area (Å²) in [6, 6.07) is 14.7. The van der Waals surface area contributed by atoms with Crippen LogP contribution in [-0.4, -0.2) is 30.4 Å². The summed E-state index contributed by atoms with van der Waals surface area (Å²) in [5, 5.41) is 4.74. The Hall–Kier alpha value is -4.08. The van der Waals surface area contributed by atoms with Gasteiger partial charge in [-0.3, -0.25) is 9.59 Å². The van der Waals surface area contributed by atoms with Crippen LogP contribution in [0.15, 0.2) is 77.4 Å². The molecule has 0 saturated heterocycles. The summed E-state index contributed by atoms with van der Waals surface area (Å²) in [6.45, 7) is -0.753. The molecule has 0 aliphatic carbocycles. The van der Waals surface area contributed by atoms with Crippen molar-refractivity contribution in [3.8, 4) is 0 Å². The summed E-state index contributed by atoms with van der Waals surface area (Å²) in [6.07, 6.45) is -3.18. The van der Waals surface area contributed by atoms with E-state index in [2.05, 4.69) is 10.6 Å². The Kier molecular flexibility index (Phi) is 7.50. The number of halogens is 3. The maximum absolute atomic E-state index is 12.8. The van der Waals surface area contributed by atoms with Gasteiger partial charge in [-0.05, 0) is 35.9 Å². The molecule has 2 amide bonds. The fourth-order valence-corrected chi connectivity index (χ4v) is 2.89. The minimum atomic E-state index is -4.57. The lowest BCUT2D eigenvalue weighted by Crippen LogP contribution is -2.44. The molecule has 0 radical (unpaired) electrons. The highest BCUT2D eigenvalue weighted by Crippen LogP contribution is 2.30. The van der Waals surface area contributed by atoms with E-state index in [4.69, 9.17) is 9.15 Å². The van der Waals surface area contributed by atoms with Crippen molar-refractivity contribution >= 4 is 23.5 Å². The largest absolute Gasteiger partial charge is 0.459 e. The number of furan rings is 1. The molecule has 2 N–H and O–H groups in total. The van der Waals surface area contributed by atoms with Gasteiger partial charge in [-0.2, -0.15) is 13.2 Å². The summed E-state index contributed by atoms with van der Waals surface area (Å²) >= 11 is 0. The zero-order chi connectivity index (χ0) is 23.8. The van der Waals surface area contributed by atoms with Crippen molar-refractivity contribution in [2.45, 2.75) is 18.6 Å². The number of carbonyl (C=O) groups excluding carboxylic acids is 3. The van der Waals surface area contributed by atoms with Gasteiger partial charge in [-0.15, -0.1) is 0 Å². The number of nitrogens with one attached hydrogen (secondary N) is 2. The van der Waals surface area contributed by atoms with Gasteiger partial charge in [-0.1, -0.05) is 36.4 Å². The summed E-state index contributed by atoms with van der Waals surface area (Å²) in [5.74, 6) is -2.38. The number of hydrogen-bond donors (Lipinski definition) is 2. The number of ether oxygens (including phenoxy) is 1. The fourth-order valence-electron chi connectivity index (χ4n) is 2.89. The quantitative estimate of drug-likeness (QED) is 0.498. The van der Waals surface area contributed by atoms with Crippen molar-refractivity contribution in [3.05, 3.63) is 89.9 Å². The molecule has 7 nitrogen and oxygen atoms in total. The number of benzene rings is 2. The molecule has 1 heterocycles. The monoisotopic (exact) mass is 460 g/mol. The van der Waals surface area contributed by atoms with Crippen molar-refractivity contribution in [3.63, 3.8) is 0 Å². The predicted octanol–water partition coefficient (Wildman–Crippen LogP) is 3.82. The normalized spacial score (nSPS) is 12.0. The molecule has 3 rings (SSSR count). The first-order chi connectivity index (χ1) is 15.7. The molecular weight excluding hydrogens is 441 g/mol. The Balaban J connectivity index is 1.62. The first-order valence-corrected chi connectivity index (χ1v) is 9.74. The van der Waals surface area contributed by atoms with E-state index in [1.807, 2.05) is 0 Å². The third-order valence-electron chi connectivity index (χ3n) is 4.44. The third-order valence-corrected chi connectivity index (χ3v) is 4.44. The fraction of sp³-hybridized carbons (Fsp3) is 0.174. The van der Waals surface area contributed by atoms with E-state index in [0.717, 1.165) is 23.8 Å². The zero-order valence-corrected chi connectivity index (χ0v) is 17.1. The van der Waals surface area contributed by atoms with Gasteiger partial charge in [0.1, 0.15) is 6.04 Å². The predicted molar refractivity (Wildman–Crippen MR) is 111 cm³/mol. The average Bonchev–Trinajstić information content (AvgIpc) is 3.32. The van der Waals surface area contributed by atoms with Crippen LogP contribution in [0.5, 0.6) is 0 Å². The topological polar surface area (TPSA) is 97.6 Å². The molecule has 0 saturated carbocycles. The molecule has 0 bridgehead atoms. The molecule has 10 heteroatoms. The van der Waals surface area contributed by atoms with Gasteiger partial charge in [0.05, 0.1) is 11.8 Å². The van der Waals surface area contributed by atoms with Crippen molar-refractivity contribution in [2.24, 2.45) is 0 Å². The number of rotatable bonds is 8. The van der Waals surface area contributed by atoms with Gasteiger partial charge in [0.25, 0.3) is 11.8 Å². The van der Waals surface area contributed by atoms with Crippen LogP contribution < -0.4 is 10.6 Å². The third kappa shape index (κ3) is 6.96. The lowest BCUT2D eigenvalue weighted by atomic mass is 10.1. The summed E-state index contributed by atoms with van der Waals surface area (Å²) in [5.41, 5.74) is -0.300. The van der Waals surface area contributed by atoms with Gasteiger partial charge < -0.3 is 19.8 Å². The van der Waals surface area contributed by atoms with Gasteiger partial charge in [0.2, 0.25) is 0 Å². The minimum Gasteiger partial charge on any atom is -0.459 e. The van der Waals surface area contributed by atoms with E-state index >= 15 is 0 Å². The number of alkyl halides is 3. The molecular formula is C23H19F3N2O5. The van der Waals surface area contributed by atoms with Crippen LogP contribution in [0, 0.1) is 0 Å². The van der Waals surface area contributed by atoms with Gasteiger partial charge >= 0.3 is 12.1 Å². The Labute approximate surface area is 186 Å². The number of hydrogen-bond acceptors (Lipinski definition) is 5. The van der Waals surface area contributed by atoms with E-state index in [9.17, 15) is 27.6 Å². The Morgan fingerprint density at radius 3 is 2.39 bits per heavy atom. The van der Waals surface area contributed by atoms with Gasteiger partial charge in [0.15, 0.2) is 12.4 Å². The molecule has 2 aromatic carbocycles. The van der Waals surface area contributed by atoms with E-state index in [1.54, 1.807) is 30.3 Å². The van der Waals surface area contributed by atoms with E-state index in [1.165, 1.54) is 24.5 Å². The zero-order valence-electron chi connectivity index (χ0n) is 17.1. The molecule has 1 aromatic heterocycles. The maximum atomic E-state index is 12.8. The van der Waals surface area contributed by atoms with Gasteiger partial charge in [0, 0.05) is 12.1 Å². The Morgan fingerprint density at radius 1 is 0.970 bits per heavy atom. The SMILES string of the molecule is O=C(COC(=O)[C@H](Cc1ccccc1)NC(=O)c1ccco1)Nc1cccc(C(F)(F)F)c1. The van der Waals surface area contributed by atoms with E-state index in [0.29, 0.717) is 0 Å². The second-order valence-corrected chi connectivity index (χ2v) is 6.93. The maximum Gasteiger partial charge on any atom is 0.416 e. The number of esters is 1. The molecule has 0 aliphatic heterocycles. The average molecular weight is 460 g/mol. The van der Waals surface area contributed by atoms with Crippen LogP contribution in [-0.2, 0) is 26.9 Å². The lowest BCUT2D eigenvalue weighted by molar-refractivity contribution is -0.149. The first-order valence-electron chi connectivity index (χ1n) is 9.74. The second-order valence-electron chi connectivity index (χ2n) is 6.93. The smallest absolute Gasteiger partial charge is 0.416 e. The molecule has 3 aromatic rings. The highest BCUT2D eigenvalue weighted by atomic mass is 19.4. The van der Waals surface area contributed by atoms with Crippen molar-refractivity contribution in [2.75, 3.05) is 11.9 Å². The number of amides is 2. The van der Waals surface area contributed by atoms with E-state index < -0.39 is 42.2 Å². The highest BCUT2D eigenvalue weighted by Gasteiger charge is 2.30. The Morgan fingerprint density at radius 2 is 1.73 bits per heavy atom. The highest BCUT2D eigenvalue weighted by molar-refractivity contribution is 5.96. The number of anilines is 1. The van der Waals surface area contributed by atoms with Crippen molar-refractivity contribution in [1.29, 1.82) is 0 Å². The van der Waals surface area contributed by atoms with Crippen molar-refractivity contribution in [1.82, 2.24) is 5.32 Å². The minimum absolute atomic E-state index is 0.0110. The molecule has 0 fully saturated rings. The molecule has 1 atom stereocenters. The second kappa shape index (κ2) is 10.5. The standard InChI is InChI=1S/C23H19F3N2O5/c24-23(25,26)16-8-4-9-17(13-16)27-20(29)14-33-22(31)18(12-15-6-2-1-3-7-15)28-21(30)19-10-5-11-32-19/h1-11,13,18H,12,14H2,(H,27,29)(H,28,30)/t18-/m0/s1. The molecule has 0 aliphatic rings. The van der Waals surface area contributed by atoms with Crippen LogP contribution in [0.4, 0.5) is 18.9 Å². The van der Waals surface area contributed by atoms with Crippen LogP contribution in [0.25, 0.3) is 0 Å².